The van der Waals surface area contributed by atoms with E-state index in [0.717, 1.165) is 11.8 Å². The number of benzene rings is 1. The first kappa shape index (κ1) is 12.6. The van der Waals surface area contributed by atoms with Crippen LogP contribution >= 0.6 is 11.8 Å². The molecule has 94 valence electrons. The third-order valence-electron chi connectivity index (χ3n) is 2.20. The van der Waals surface area contributed by atoms with Crippen LogP contribution in [0, 0.1) is 17.0 Å². The molecule has 2 aromatic rings. The first-order chi connectivity index (χ1) is 8.60. The third kappa shape index (κ3) is 2.69. The van der Waals surface area contributed by atoms with Crippen molar-refractivity contribution in [2.75, 3.05) is 0 Å². The monoisotopic (exact) mass is 266 g/mol. The van der Waals surface area contributed by atoms with Crippen molar-refractivity contribution in [3.63, 3.8) is 0 Å². The number of nitro groups is 1. The van der Waals surface area contributed by atoms with Crippen LogP contribution in [-0.4, -0.2) is 15.0 Å². The molecule has 0 radical (unpaired) electrons. The Labute approximate surface area is 107 Å². The van der Waals surface area contributed by atoms with Gasteiger partial charge in [-0.05, 0) is 30.3 Å². The fourth-order valence-corrected chi connectivity index (χ4v) is 2.21. The molecular formula is C11H10N2O4S. The van der Waals surface area contributed by atoms with Gasteiger partial charge in [0.15, 0.2) is 0 Å². The van der Waals surface area contributed by atoms with Crippen molar-refractivity contribution in [2.24, 2.45) is 0 Å². The van der Waals surface area contributed by atoms with Gasteiger partial charge in [-0.1, -0.05) is 6.07 Å². The molecule has 0 aliphatic rings. The van der Waals surface area contributed by atoms with Gasteiger partial charge >= 0.3 is 0 Å². The Morgan fingerprint density at radius 3 is 2.89 bits per heavy atom. The van der Waals surface area contributed by atoms with E-state index < -0.39 is 4.92 Å². The molecule has 0 aliphatic carbocycles. The number of nitro benzene ring substituents is 1. The highest BCUT2D eigenvalue weighted by Gasteiger charge is 2.17. The van der Waals surface area contributed by atoms with Crippen molar-refractivity contribution in [3.8, 4) is 0 Å². The molecule has 0 aliphatic heterocycles. The van der Waals surface area contributed by atoms with Gasteiger partial charge in [-0.15, -0.1) is 0 Å². The van der Waals surface area contributed by atoms with E-state index in [0.29, 0.717) is 21.4 Å². The van der Waals surface area contributed by atoms with Crippen LogP contribution in [0.4, 0.5) is 5.69 Å². The summed E-state index contributed by atoms with van der Waals surface area (Å²) in [5.41, 5.74) is 1.14. The highest BCUT2D eigenvalue weighted by Crippen LogP contribution is 2.34. The molecule has 2 rings (SSSR count). The van der Waals surface area contributed by atoms with Gasteiger partial charge in [0.1, 0.15) is 6.26 Å². The van der Waals surface area contributed by atoms with E-state index in [4.69, 9.17) is 9.52 Å². The predicted molar refractivity (Wildman–Crippen MR) is 64.4 cm³/mol. The summed E-state index contributed by atoms with van der Waals surface area (Å²) in [7, 11) is 0. The largest absolute Gasteiger partial charge is 0.439 e. The Hall–Kier alpha value is -1.86. The van der Waals surface area contributed by atoms with Gasteiger partial charge in [0, 0.05) is 6.07 Å². The predicted octanol–water partition coefficient (Wildman–Crippen LogP) is 2.53. The number of aliphatic hydroxyl groups is 1. The number of aliphatic hydroxyl groups excluding tert-OH is 1. The first-order valence-electron chi connectivity index (χ1n) is 5.08. The van der Waals surface area contributed by atoms with Gasteiger partial charge in [0.25, 0.3) is 10.9 Å². The van der Waals surface area contributed by atoms with E-state index in [1.54, 1.807) is 19.1 Å². The lowest BCUT2D eigenvalue weighted by Gasteiger charge is -2.01. The minimum absolute atomic E-state index is 0.0672. The van der Waals surface area contributed by atoms with E-state index in [2.05, 4.69) is 4.98 Å². The van der Waals surface area contributed by atoms with Gasteiger partial charge in [-0.25, -0.2) is 4.98 Å². The Morgan fingerprint density at radius 2 is 2.33 bits per heavy atom. The lowest BCUT2D eigenvalue weighted by atomic mass is 10.2. The Morgan fingerprint density at radius 1 is 1.56 bits per heavy atom. The molecule has 0 saturated heterocycles. The van der Waals surface area contributed by atoms with Crippen molar-refractivity contribution < 1.29 is 14.4 Å². The lowest BCUT2D eigenvalue weighted by Crippen LogP contribution is -1.93. The van der Waals surface area contributed by atoms with Crippen LogP contribution in [0.25, 0.3) is 0 Å². The second-order valence-electron chi connectivity index (χ2n) is 3.57. The van der Waals surface area contributed by atoms with Crippen LogP contribution in [0.2, 0.25) is 0 Å². The highest BCUT2D eigenvalue weighted by atomic mass is 32.2. The summed E-state index contributed by atoms with van der Waals surface area (Å²) in [6, 6.07) is 4.55. The summed E-state index contributed by atoms with van der Waals surface area (Å²) < 4.78 is 5.14. The molecule has 0 spiro atoms. The third-order valence-corrected chi connectivity index (χ3v) is 3.13. The number of oxazole rings is 1. The SMILES string of the molecule is Cc1coc(Sc2ccc(CO)cc2[N+](=O)[O-])n1. The summed E-state index contributed by atoms with van der Waals surface area (Å²) in [5.74, 6) is 0. The maximum atomic E-state index is 10.9. The highest BCUT2D eigenvalue weighted by molar-refractivity contribution is 7.99. The van der Waals surface area contributed by atoms with E-state index >= 15 is 0 Å². The number of rotatable bonds is 4. The zero-order valence-electron chi connectivity index (χ0n) is 9.49. The van der Waals surface area contributed by atoms with Gasteiger partial charge < -0.3 is 9.52 Å². The topological polar surface area (TPSA) is 89.4 Å². The Bertz CT molecular complexity index is 582. The first-order valence-corrected chi connectivity index (χ1v) is 5.90. The molecule has 0 unspecified atom stereocenters. The quantitative estimate of drug-likeness (QED) is 0.675. The fraction of sp³-hybridized carbons (Fsp3) is 0.182. The van der Waals surface area contributed by atoms with E-state index in [9.17, 15) is 10.1 Å². The van der Waals surface area contributed by atoms with Crippen molar-refractivity contribution >= 4 is 17.4 Å². The van der Waals surface area contributed by atoms with Crippen LogP contribution in [0.3, 0.4) is 0 Å². The second kappa shape index (κ2) is 5.19. The van der Waals surface area contributed by atoms with Gasteiger partial charge in [0.2, 0.25) is 0 Å². The molecule has 1 aromatic carbocycles. The number of aryl methyl sites for hydroxylation is 1. The fourth-order valence-electron chi connectivity index (χ4n) is 1.36. The van der Waals surface area contributed by atoms with E-state index in [1.807, 2.05) is 0 Å². The summed E-state index contributed by atoms with van der Waals surface area (Å²) in [6.07, 6.45) is 1.48. The van der Waals surface area contributed by atoms with Gasteiger partial charge in [-0.2, -0.15) is 0 Å². The number of hydrogen-bond acceptors (Lipinski definition) is 6. The molecule has 7 heteroatoms. The molecule has 6 nitrogen and oxygen atoms in total. The zero-order chi connectivity index (χ0) is 13.1. The van der Waals surface area contributed by atoms with Crippen LogP contribution in [-0.2, 0) is 6.61 Å². The molecule has 1 aromatic heterocycles. The standard InChI is InChI=1S/C11H10N2O4S/c1-7-6-17-11(12-7)18-10-3-2-8(5-14)4-9(10)13(15)16/h2-4,6,14H,5H2,1H3. The molecule has 0 bridgehead atoms. The molecule has 0 amide bonds. The van der Waals surface area contributed by atoms with Crippen molar-refractivity contribution in [2.45, 2.75) is 23.6 Å². The summed E-state index contributed by atoms with van der Waals surface area (Å²) in [6.45, 7) is 1.54. The summed E-state index contributed by atoms with van der Waals surface area (Å²) in [5, 5.41) is 20.3. The van der Waals surface area contributed by atoms with E-state index in [-0.39, 0.29) is 12.3 Å². The minimum atomic E-state index is -0.489. The summed E-state index contributed by atoms with van der Waals surface area (Å²) >= 11 is 1.08. The van der Waals surface area contributed by atoms with Gasteiger partial charge in [-0.3, -0.25) is 10.1 Å². The molecule has 1 N–H and O–H groups in total. The molecule has 0 fully saturated rings. The molecule has 0 atom stereocenters. The average molecular weight is 266 g/mol. The van der Waals surface area contributed by atoms with Crippen molar-refractivity contribution in [1.29, 1.82) is 0 Å². The minimum Gasteiger partial charge on any atom is -0.439 e. The van der Waals surface area contributed by atoms with Crippen molar-refractivity contribution in [1.82, 2.24) is 4.98 Å². The second-order valence-corrected chi connectivity index (χ2v) is 4.57. The molecule has 0 saturated carbocycles. The number of hydrogen-bond donors (Lipinski definition) is 1. The Balaban J connectivity index is 2.34. The zero-order valence-corrected chi connectivity index (χ0v) is 10.3. The van der Waals surface area contributed by atoms with Gasteiger partial charge in [0.05, 0.1) is 22.1 Å². The summed E-state index contributed by atoms with van der Waals surface area (Å²) in [4.78, 5) is 15.0. The molecular weight excluding hydrogens is 256 g/mol. The van der Waals surface area contributed by atoms with Crippen LogP contribution in [0.15, 0.2) is 39.0 Å². The Kier molecular flexibility index (Phi) is 3.63. The maximum Gasteiger partial charge on any atom is 0.283 e. The van der Waals surface area contributed by atoms with Crippen molar-refractivity contribution in [3.05, 3.63) is 45.8 Å². The lowest BCUT2D eigenvalue weighted by molar-refractivity contribution is -0.387. The number of nitrogens with zero attached hydrogens (tertiary/aromatic N) is 2. The van der Waals surface area contributed by atoms with E-state index in [1.165, 1.54) is 12.3 Å². The van der Waals surface area contributed by atoms with Crippen LogP contribution in [0.5, 0.6) is 0 Å². The smallest absolute Gasteiger partial charge is 0.283 e. The molecule has 18 heavy (non-hydrogen) atoms. The van der Waals surface area contributed by atoms with Crippen LogP contribution in [0.1, 0.15) is 11.3 Å². The van der Waals surface area contributed by atoms with Crippen LogP contribution < -0.4 is 0 Å². The molecule has 1 heterocycles. The average Bonchev–Trinajstić information content (AvgIpc) is 2.75. The number of aromatic nitrogens is 1. The maximum absolute atomic E-state index is 10.9. The normalized spacial score (nSPS) is 10.6.